The third-order valence-electron chi connectivity index (χ3n) is 5.98. The van der Waals surface area contributed by atoms with E-state index >= 15 is 0 Å². The number of ether oxygens (including phenoxy) is 1. The Hall–Kier alpha value is -2.59. The Labute approximate surface area is 189 Å². The fourth-order valence-corrected chi connectivity index (χ4v) is 3.77. The Morgan fingerprint density at radius 1 is 1.15 bits per heavy atom. The highest BCUT2D eigenvalue weighted by Crippen LogP contribution is 2.36. The van der Waals surface area contributed by atoms with E-state index in [0.717, 1.165) is 17.7 Å². The molecule has 1 N–H and O–H groups in total. The summed E-state index contributed by atoms with van der Waals surface area (Å²) in [4.78, 5) is 32.5. The average molecular weight is 472 g/mol. The van der Waals surface area contributed by atoms with Gasteiger partial charge in [-0.3, -0.25) is 9.59 Å². The molecule has 3 heterocycles. The van der Waals surface area contributed by atoms with Crippen LogP contribution in [0.3, 0.4) is 0 Å². The third kappa shape index (κ3) is 5.33. The zero-order valence-electron chi connectivity index (χ0n) is 18.8. The lowest BCUT2D eigenvalue weighted by atomic mass is 9.85. The van der Waals surface area contributed by atoms with Crippen molar-refractivity contribution in [2.75, 3.05) is 37.7 Å². The minimum absolute atomic E-state index is 0.0809. The maximum atomic E-state index is 13.3. The number of carbonyl (C=O) groups excluding carboxylic acids is 2. The van der Waals surface area contributed by atoms with Crippen LogP contribution in [-0.2, 0) is 4.79 Å². The van der Waals surface area contributed by atoms with Gasteiger partial charge >= 0.3 is 0 Å². The number of anilines is 1. The summed E-state index contributed by atoms with van der Waals surface area (Å²) in [6.07, 6.45) is 3.33. The van der Waals surface area contributed by atoms with Crippen molar-refractivity contribution < 1.29 is 31.9 Å². The average Bonchev–Trinajstić information content (AvgIpc) is 3.49. The van der Waals surface area contributed by atoms with Crippen molar-refractivity contribution >= 4 is 17.5 Å². The zero-order chi connectivity index (χ0) is 24.2. The molecule has 0 unspecified atom stereocenters. The Morgan fingerprint density at radius 2 is 1.76 bits per heavy atom. The van der Waals surface area contributed by atoms with Gasteiger partial charge in [0, 0.05) is 6.07 Å². The molecule has 2 aliphatic heterocycles. The predicted molar refractivity (Wildman–Crippen MR) is 112 cm³/mol. The first-order valence-electron chi connectivity index (χ1n) is 11.0. The summed E-state index contributed by atoms with van der Waals surface area (Å²) >= 11 is 0. The summed E-state index contributed by atoms with van der Waals surface area (Å²) in [5.41, 5.74) is -0.423. The van der Waals surface area contributed by atoms with E-state index in [1.165, 1.54) is 17.2 Å². The Morgan fingerprint density at radius 3 is 2.27 bits per heavy atom. The summed E-state index contributed by atoms with van der Waals surface area (Å²) in [5.74, 6) is -6.46. The number of halogens is 4. The molecule has 1 aliphatic carbocycles. The Bertz CT molecular complexity index is 930. The van der Waals surface area contributed by atoms with Crippen LogP contribution in [0.15, 0.2) is 12.3 Å². The number of carbonyl (C=O) groups is 2. The first-order valence-corrected chi connectivity index (χ1v) is 11.0. The van der Waals surface area contributed by atoms with Crippen LogP contribution >= 0.6 is 0 Å². The van der Waals surface area contributed by atoms with Gasteiger partial charge in [0.25, 0.3) is 17.8 Å². The van der Waals surface area contributed by atoms with E-state index in [9.17, 15) is 27.2 Å². The second kappa shape index (κ2) is 8.02. The van der Waals surface area contributed by atoms with Gasteiger partial charge < -0.3 is 19.9 Å². The van der Waals surface area contributed by atoms with Gasteiger partial charge in [0.2, 0.25) is 5.91 Å². The topological polar surface area (TPSA) is 74.8 Å². The molecule has 0 bridgehead atoms. The molecule has 33 heavy (non-hydrogen) atoms. The first-order chi connectivity index (χ1) is 15.2. The largest absolute Gasteiger partial charge is 0.491 e. The summed E-state index contributed by atoms with van der Waals surface area (Å²) in [6.45, 7) is 3.28. The van der Waals surface area contributed by atoms with Crippen molar-refractivity contribution in [3.05, 3.63) is 18.0 Å². The highest BCUT2D eigenvalue weighted by molar-refractivity contribution is 5.98. The third-order valence-corrected chi connectivity index (χ3v) is 5.98. The van der Waals surface area contributed by atoms with Crippen molar-refractivity contribution in [3.63, 3.8) is 0 Å². The molecule has 0 aromatic carbocycles. The zero-order valence-corrected chi connectivity index (χ0v) is 18.8. The molecule has 0 spiro atoms. The lowest BCUT2D eigenvalue weighted by molar-refractivity contribution is -0.169. The molecule has 7 nitrogen and oxygen atoms in total. The summed E-state index contributed by atoms with van der Waals surface area (Å²) in [5, 5.41) is 2.63. The number of rotatable bonds is 7. The number of pyridine rings is 1. The van der Waals surface area contributed by atoms with E-state index in [-0.39, 0.29) is 11.4 Å². The van der Waals surface area contributed by atoms with E-state index in [0.29, 0.717) is 18.2 Å². The van der Waals surface area contributed by atoms with E-state index in [1.807, 2.05) is 0 Å². The van der Waals surface area contributed by atoms with Crippen molar-refractivity contribution in [2.45, 2.75) is 51.5 Å². The molecule has 2 saturated heterocycles. The molecule has 11 heteroatoms. The van der Waals surface area contributed by atoms with Crippen LogP contribution in [0, 0.1) is 11.3 Å². The number of likely N-dealkylation sites (tertiary alicyclic amines) is 1. The van der Waals surface area contributed by atoms with Crippen molar-refractivity contribution in [1.82, 2.24) is 15.2 Å². The minimum atomic E-state index is -2.92. The van der Waals surface area contributed by atoms with Gasteiger partial charge in [-0.1, -0.05) is 20.8 Å². The number of nitrogens with one attached hydrogen (secondary N) is 1. The normalized spacial score (nSPS) is 22.2. The maximum absolute atomic E-state index is 13.3. The second-order valence-corrected chi connectivity index (χ2v) is 10.3. The fraction of sp³-hybridized carbons (Fsp3) is 0.682. The van der Waals surface area contributed by atoms with E-state index in [2.05, 4.69) is 10.3 Å². The van der Waals surface area contributed by atoms with Crippen LogP contribution in [0.2, 0.25) is 0 Å². The Kier molecular flexibility index (Phi) is 5.73. The molecule has 2 amide bonds. The smallest absolute Gasteiger partial charge is 0.282 e. The van der Waals surface area contributed by atoms with Crippen molar-refractivity contribution in [2.24, 2.45) is 11.3 Å². The predicted octanol–water partition coefficient (Wildman–Crippen LogP) is 2.95. The highest BCUT2D eigenvalue weighted by atomic mass is 19.3. The van der Waals surface area contributed by atoms with Crippen LogP contribution in [0.5, 0.6) is 5.75 Å². The lowest BCUT2D eigenvalue weighted by Crippen LogP contribution is -2.64. The van der Waals surface area contributed by atoms with Crippen LogP contribution in [0.25, 0.3) is 0 Å². The molecule has 1 atom stereocenters. The van der Waals surface area contributed by atoms with Gasteiger partial charge in [-0.15, -0.1) is 0 Å². The van der Waals surface area contributed by atoms with Gasteiger partial charge in [-0.05, 0) is 24.2 Å². The van der Waals surface area contributed by atoms with E-state index in [1.54, 1.807) is 20.8 Å². The molecule has 4 rings (SSSR count). The number of aromatic nitrogens is 1. The van der Waals surface area contributed by atoms with Crippen molar-refractivity contribution in [3.8, 4) is 5.75 Å². The lowest BCUT2D eigenvalue weighted by Gasteiger charge is -2.43. The molecular weight excluding hydrogens is 444 g/mol. The molecule has 1 aromatic heterocycles. The van der Waals surface area contributed by atoms with Gasteiger partial charge in [0.1, 0.15) is 6.04 Å². The molecular formula is C22H28F4N4O3. The van der Waals surface area contributed by atoms with Crippen LogP contribution in [0.4, 0.5) is 23.2 Å². The first kappa shape index (κ1) is 23.6. The number of hydrogen-bond acceptors (Lipinski definition) is 5. The SMILES string of the molecule is CC(C)(C)[C@H](NC(=O)c1ncc(N2CC(F)(F)C2)cc1OCC1CC1)C(=O)N1CC(F)(F)C1. The van der Waals surface area contributed by atoms with Gasteiger partial charge in [-0.2, -0.15) is 0 Å². The summed E-state index contributed by atoms with van der Waals surface area (Å²) in [7, 11) is 0. The van der Waals surface area contributed by atoms with E-state index in [4.69, 9.17) is 4.74 Å². The quantitative estimate of drug-likeness (QED) is 0.618. The van der Waals surface area contributed by atoms with Gasteiger partial charge in [0.15, 0.2) is 11.4 Å². The number of amides is 2. The Balaban J connectivity index is 1.52. The van der Waals surface area contributed by atoms with Gasteiger partial charge in [0.05, 0.1) is 44.7 Å². The molecule has 1 saturated carbocycles. The highest BCUT2D eigenvalue weighted by Gasteiger charge is 2.50. The fourth-order valence-electron chi connectivity index (χ4n) is 3.77. The van der Waals surface area contributed by atoms with E-state index < -0.39 is 61.3 Å². The second-order valence-electron chi connectivity index (χ2n) is 10.3. The van der Waals surface area contributed by atoms with Gasteiger partial charge in [-0.25, -0.2) is 22.5 Å². The standard InChI is InChI=1S/C22H28F4N4O3/c1-20(2,3)17(19(32)30-11-22(25,26)12-30)28-18(31)16-15(33-8-13-4-5-13)6-14(7-27-16)29-9-21(23,24)10-29/h6-7,13,17H,4-5,8-12H2,1-3H3,(H,28,31)/t17-/m1/s1. The minimum Gasteiger partial charge on any atom is -0.491 e. The molecule has 0 radical (unpaired) electrons. The number of nitrogens with zero attached hydrogens (tertiary/aromatic N) is 3. The van der Waals surface area contributed by atoms with Crippen LogP contribution in [-0.4, -0.2) is 72.4 Å². The summed E-state index contributed by atoms with van der Waals surface area (Å²) in [6, 6.07) is 0.441. The number of alkyl halides is 4. The maximum Gasteiger partial charge on any atom is 0.282 e. The van der Waals surface area contributed by atoms with Crippen molar-refractivity contribution in [1.29, 1.82) is 0 Å². The molecule has 3 aliphatic rings. The molecule has 1 aromatic rings. The van der Waals surface area contributed by atoms with Crippen LogP contribution < -0.4 is 15.0 Å². The summed E-state index contributed by atoms with van der Waals surface area (Å²) < 4.78 is 58.9. The molecule has 3 fully saturated rings. The van der Waals surface area contributed by atoms with Crippen LogP contribution in [0.1, 0.15) is 44.1 Å². The molecule has 182 valence electrons. The number of hydrogen-bond donors (Lipinski definition) is 1. The monoisotopic (exact) mass is 472 g/mol.